The molecule has 452 valence electrons. The summed E-state index contributed by atoms with van der Waals surface area (Å²) in [5.41, 5.74) is 32.9. The highest BCUT2D eigenvalue weighted by molar-refractivity contribution is 6.19. The zero-order chi connectivity index (χ0) is 63.5. The smallest absolute Gasteiger partial charge is 0.160 e. The van der Waals surface area contributed by atoms with E-state index in [-0.39, 0.29) is 22.2 Å². The highest BCUT2D eigenvalue weighted by Gasteiger charge is 2.41. The fourth-order valence-corrected chi connectivity index (χ4v) is 18.1. The Labute approximate surface area is 552 Å². The van der Waals surface area contributed by atoms with E-state index in [4.69, 9.17) is 9.97 Å². The topological polar surface area (TPSA) is 40.6 Å². The highest BCUT2D eigenvalue weighted by Crippen LogP contribution is 2.57. The average molecular weight is 1220 g/mol. The number of hydrogen-bond donors (Lipinski definition) is 0. The van der Waals surface area contributed by atoms with Crippen molar-refractivity contribution >= 4 is 87.6 Å². The van der Waals surface area contributed by atoms with Crippen LogP contribution in [0.15, 0.2) is 261 Å². The van der Waals surface area contributed by atoms with E-state index in [0.29, 0.717) is 5.82 Å². The SMILES string of the molecule is CC1CC(n2c3ccccc3c3ccc4c(c32)-c2ccccc2C4(C)C)=CC=C1c1nc(-c2cccc(-n3c4ccccc4c4ccc5c(c43)-c3ccccc3C5(C)C)c2)nc2ccc(-c3cccc(-n4c5ccccc5c5ccc6c(c54)-c4ccccc4C6(C)C)c3)cc12. The van der Waals surface area contributed by atoms with Crippen molar-refractivity contribution in [3.8, 4) is 67.3 Å². The van der Waals surface area contributed by atoms with E-state index in [0.717, 1.165) is 51.1 Å². The summed E-state index contributed by atoms with van der Waals surface area (Å²) in [5, 5.41) is 8.60. The second-order valence-electron chi connectivity index (χ2n) is 28.8. The molecular formula is C90H67N5. The van der Waals surface area contributed by atoms with Crippen molar-refractivity contribution in [2.75, 3.05) is 0 Å². The summed E-state index contributed by atoms with van der Waals surface area (Å²) in [4.78, 5) is 11.5. The normalized spacial score (nSPS) is 16.2. The van der Waals surface area contributed by atoms with Crippen LogP contribution in [0.1, 0.15) is 94.0 Å². The maximum Gasteiger partial charge on any atom is 0.160 e. The van der Waals surface area contributed by atoms with Gasteiger partial charge in [0.15, 0.2) is 5.82 Å². The molecular weight excluding hydrogens is 1150 g/mol. The molecule has 16 aromatic rings. The Morgan fingerprint density at radius 1 is 0.337 bits per heavy atom. The number of para-hydroxylation sites is 3. The second-order valence-corrected chi connectivity index (χ2v) is 28.8. The minimum Gasteiger partial charge on any atom is -0.312 e. The van der Waals surface area contributed by atoms with E-state index < -0.39 is 0 Å². The number of aromatic nitrogens is 5. The molecule has 0 amide bonds. The molecule has 20 rings (SSSR count). The Morgan fingerprint density at radius 2 is 0.758 bits per heavy atom. The third-order valence-corrected chi connectivity index (χ3v) is 22.7. The lowest BCUT2D eigenvalue weighted by Crippen LogP contribution is -2.15. The van der Waals surface area contributed by atoms with Crippen LogP contribution in [0.25, 0.3) is 155 Å². The van der Waals surface area contributed by atoms with Gasteiger partial charge >= 0.3 is 0 Å². The van der Waals surface area contributed by atoms with E-state index in [1.165, 1.54) is 143 Å². The van der Waals surface area contributed by atoms with Gasteiger partial charge in [-0.1, -0.05) is 249 Å². The molecule has 0 aliphatic heterocycles. The minimum atomic E-state index is -0.146. The first kappa shape index (κ1) is 54.4. The Bertz CT molecular complexity index is 6180. The van der Waals surface area contributed by atoms with Gasteiger partial charge in [-0.15, -0.1) is 0 Å². The Balaban J connectivity index is 0.789. The molecule has 4 heterocycles. The van der Waals surface area contributed by atoms with E-state index >= 15 is 0 Å². The number of allylic oxidation sites excluding steroid dienone is 4. The number of rotatable bonds is 6. The lowest BCUT2D eigenvalue weighted by Gasteiger charge is -2.25. The first-order chi connectivity index (χ1) is 46.3. The molecule has 95 heavy (non-hydrogen) atoms. The van der Waals surface area contributed by atoms with E-state index in [9.17, 15) is 0 Å². The quantitative estimate of drug-likeness (QED) is 0.166. The van der Waals surface area contributed by atoms with Crippen LogP contribution in [0.5, 0.6) is 0 Å². The van der Waals surface area contributed by atoms with Gasteiger partial charge in [0.1, 0.15) is 0 Å². The molecule has 0 N–H and O–H groups in total. The Kier molecular flexibility index (Phi) is 11.0. The molecule has 0 radical (unpaired) electrons. The summed E-state index contributed by atoms with van der Waals surface area (Å²) >= 11 is 0. The predicted octanol–water partition coefficient (Wildman–Crippen LogP) is 23.1. The Morgan fingerprint density at radius 3 is 1.25 bits per heavy atom. The fourth-order valence-electron chi connectivity index (χ4n) is 18.1. The van der Waals surface area contributed by atoms with Crippen LogP contribution in [0.2, 0.25) is 0 Å². The van der Waals surface area contributed by atoms with Crippen LogP contribution < -0.4 is 0 Å². The van der Waals surface area contributed by atoms with Gasteiger partial charge in [-0.25, -0.2) is 9.97 Å². The number of nitrogens with zero attached hydrogens (tertiary/aromatic N) is 5. The summed E-state index contributed by atoms with van der Waals surface area (Å²) < 4.78 is 7.62. The lowest BCUT2D eigenvalue weighted by atomic mass is 9.82. The van der Waals surface area contributed by atoms with Crippen molar-refractivity contribution in [3.05, 3.63) is 300 Å². The van der Waals surface area contributed by atoms with Gasteiger partial charge in [0.25, 0.3) is 0 Å². The summed E-state index contributed by atoms with van der Waals surface area (Å²) in [6, 6.07) is 93.2. The lowest BCUT2D eigenvalue weighted by molar-refractivity contribution is 0.660. The van der Waals surface area contributed by atoms with Crippen LogP contribution in [0.3, 0.4) is 0 Å². The molecule has 0 saturated heterocycles. The first-order valence-corrected chi connectivity index (χ1v) is 33.8. The highest BCUT2D eigenvalue weighted by atomic mass is 15.0. The zero-order valence-corrected chi connectivity index (χ0v) is 54.3. The number of hydrogen-bond acceptors (Lipinski definition) is 2. The van der Waals surface area contributed by atoms with Crippen LogP contribution in [0, 0.1) is 5.92 Å². The maximum absolute atomic E-state index is 5.87. The van der Waals surface area contributed by atoms with Gasteiger partial charge in [0.05, 0.1) is 44.3 Å². The zero-order valence-electron chi connectivity index (χ0n) is 54.3. The molecule has 4 aromatic heterocycles. The standard InChI is InChI=1S/C90H67N5/c1-52-48-58(95-79-37-19-13-28-62(79)65-43-46-75-82(86(65)95)68-31-10-16-34-72(68)90(75,6)7)39-40-59(52)83-69-51-54(53-22-20-24-56(49-53)93-77-35-17-11-26-60(77)63-41-44-73-80(84(63)93)66-29-8-14-32-70(66)88(73,2)3)38-47-76(69)91-87(92-83)55-23-21-25-57(50-55)94-78-36-18-12-27-61(78)64-42-45-74-81(85(64)94)67-30-9-15-33-71(67)89(74,4)5/h8-47,49-52H,48H2,1-7H3. The molecule has 1 atom stereocenters. The van der Waals surface area contributed by atoms with Crippen molar-refractivity contribution in [2.45, 2.75) is 71.1 Å². The third kappa shape index (κ3) is 7.33. The largest absolute Gasteiger partial charge is 0.312 e. The van der Waals surface area contributed by atoms with Crippen LogP contribution in [-0.4, -0.2) is 23.7 Å². The van der Waals surface area contributed by atoms with Crippen molar-refractivity contribution in [1.82, 2.24) is 23.7 Å². The maximum atomic E-state index is 5.87. The van der Waals surface area contributed by atoms with Gasteiger partial charge in [0, 0.05) is 93.3 Å². The van der Waals surface area contributed by atoms with Gasteiger partial charge in [0.2, 0.25) is 0 Å². The molecule has 0 fully saturated rings. The second kappa shape index (κ2) is 19.2. The van der Waals surface area contributed by atoms with Crippen LogP contribution in [0.4, 0.5) is 0 Å². The molecule has 1 unspecified atom stereocenters. The van der Waals surface area contributed by atoms with Crippen molar-refractivity contribution in [3.63, 3.8) is 0 Å². The molecule has 0 bridgehead atoms. The number of fused-ring (bicyclic) bond motifs is 22. The van der Waals surface area contributed by atoms with Gasteiger partial charge in [-0.2, -0.15) is 0 Å². The van der Waals surface area contributed by atoms with Crippen molar-refractivity contribution in [2.24, 2.45) is 5.92 Å². The van der Waals surface area contributed by atoms with Crippen LogP contribution >= 0.6 is 0 Å². The molecule has 12 aromatic carbocycles. The molecule has 4 aliphatic carbocycles. The number of benzene rings is 12. The summed E-state index contributed by atoms with van der Waals surface area (Å²) in [7, 11) is 0. The monoisotopic (exact) mass is 1220 g/mol. The average Bonchev–Trinajstić information content (AvgIpc) is 1.56. The fraction of sp³-hybridized carbons (Fsp3) is 0.133. The first-order valence-electron chi connectivity index (χ1n) is 33.8. The Hall–Kier alpha value is -11.1. The molecule has 5 nitrogen and oxygen atoms in total. The molecule has 0 saturated carbocycles. The van der Waals surface area contributed by atoms with Crippen molar-refractivity contribution in [1.29, 1.82) is 0 Å². The van der Waals surface area contributed by atoms with Crippen molar-refractivity contribution < 1.29 is 0 Å². The van der Waals surface area contributed by atoms with E-state index in [1.54, 1.807) is 0 Å². The van der Waals surface area contributed by atoms with Crippen LogP contribution in [-0.2, 0) is 16.2 Å². The van der Waals surface area contributed by atoms with E-state index in [2.05, 4.69) is 323 Å². The summed E-state index contributed by atoms with van der Waals surface area (Å²) in [5.74, 6) is 0.794. The molecule has 4 aliphatic rings. The molecule has 0 spiro atoms. The van der Waals surface area contributed by atoms with Gasteiger partial charge in [-0.05, 0) is 140 Å². The third-order valence-electron chi connectivity index (χ3n) is 22.7. The summed E-state index contributed by atoms with van der Waals surface area (Å²) in [6.45, 7) is 16.7. The van der Waals surface area contributed by atoms with Gasteiger partial charge in [-0.3, -0.25) is 0 Å². The van der Waals surface area contributed by atoms with Gasteiger partial charge < -0.3 is 13.7 Å². The minimum absolute atomic E-state index is 0.0925. The van der Waals surface area contributed by atoms with E-state index in [1.807, 2.05) is 0 Å². The molecule has 5 heteroatoms. The summed E-state index contributed by atoms with van der Waals surface area (Å²) in [6.07, 6.45) is 5.60. The predicted molar refractivity (Wildman–Crippen MR) is 397 cm³/mol.